The van der Waals surface area contributed by atoms with Crippen molar-refractivity contribution in [3.05, 3.63) is 72.8 Å². The van der Waals surface area contributed by atoms with Gasteiger partial charge >= 0.3 is 0 Å². The fourth-order valence-corrected chi connectivity index (χ4v) is 5.48. The van der Waals surface area contributed by atoms with E-state index < -0.39 is 17.1 Å². The topological polar surface area (TPSA) is 88.1 Å². The minimum Gasteiger partial charge on any atom is -0.565 e. The van der Waals surface area contributed by atoms with Crippen LogP contribution in [0.5, 0.6) is 17.2 Å². The molecule has 7 heteroatoms. The molecule has 3 aromatic rings. The SMILES string of the molecule is CC(C)Oc1cc(OC(C)C)c([S+](c2ccccc2)c2ccccc2)c(OC(C)C)c1.O=C([O-])O. The van der Waals surface area contributed by atoms with Crippen LogP contribution < -0.4 is 19.3 Å². The van der Waals surface area contributed by atoms with Crippen LogP contribution in [0.4, 0.5) is 4.79 Å². The molecule has 0 saturated heterocycles. The lowest BCUT2D eigenvalue weighted by molar-refractivity contribution is -0.275. The molecule has 0 aliphatic rings. The maximum atomic E-state index is 8.44. The van der Waals surface area contributed by atoms with E-state index in [9.17, 15) is 0 Å². The summed E-state index contributed by atoms with van der Waals surface area (Å²) in [4.78, 5) is 11.9. The molecule has 0 atom stereocenters. The van der Waals surface area contributed by atoms with E-state index in [1.165, 1.54) is 9.79 Å². The normalized spacial score (nSPS) is 10.8. The minimum atomic E-state index is -2.08. The molecule has 0 aliphatic carbocycles. The van der Waals surface area contributed by atoms with Gasteiger partial charge in [-0.05, 0) is 65.8 Å². The average Bonchev–Trinajstić information content (AvgIpc) is 2.75. The number of ether oxygens (including phenoxy) is 3. The van der Waals surface area contributed by atoms with E-state index in [1.807, 2.05) is 65.8 Å². The summed E-state index contributed by atoms with van der Waals surface area (Å²) in [7, 11) is -0.397. The van der Waals surface area contributed by atoms with Crippen molar-refractivity contribution in [2.24, 2.45) is 0 Å². The number of hydrogen-bond donors (Lipinski definition) is 1. The molecule has 0 saturated carbocycles. The maximum Gasteiger partial charge on any atom is 0.250 e. The quantitative estimate of drug-likeness (QED) is 0.362. The van der Waals surface area contributed by atoms with Crippen LogP contribution in [0.1, 0.15) is 41.5 Å². The highest BCUT2D eigenvalue weighted by Crippen LogP contribution is 2.45. The van der Waals surface area contributed by atoms with E-state index in [0.29, 0.717) is 0 Å². The number of carboxylic acid groups (broad SMARTS) is 2. The van der Waals surface area contributed by atoms with Gasteiger partial charge in [-0.3, -0.25) is 0 Å². The van der Waals surface area contributed by atoms with Crippen molar-refractivity contribution < 1.29 is 29.2 Å². The molecule has 0 radical (unpaired) electrons. The first-order valence-corrected chi connectivity index (χ1v) is 12.7. The van der Waals surface area contributed by atoms with E-state index in [4.69, 9.17) is 29.2 Å². The van der Waals surface area contributed by atoms with E-state index in [-0.39, 0.29) is 18.3 Å². The molecule has 1 N–H and O–H groups in total. The summed E-state index contributed by atoms with van der Waals surface area (Å²) in [5.74, 6) is 2.37. The zero-order valence-corrected chi connectivity index (χ0v) is 21.9. The van der Waals surface area contributed by atoms with Gasteiger partial charge in [-0.15, -0.1) is 0 Å². The van der Waals surface area contributed by atoms with Gasteiger partial charge in [0.1, 0.15) is 16.6 Å². The van der Waals surface area contributed by atoms with Gasteiger partial charge < -0.3 is 29.2 Å². The second-order valence-corrected chi connectivity index (χ2v) is 10.4. The van der Waals surface area contributed by atoms with Crippen LogP contribution in [-0.4, -0.2) is 29.6 Å². The summed E-state index contributed by atoms with van der Waals surface area (Å²) in [6.07, 6.45) is -1.97. The third-order valence-electron chi connectivity index (χ3n) is 4.25. The summed E-state index contributed by atoms with van der Waals surface area (Å²) in [6, 6.07) is 25.1. The smallest absolute Gasteiger partial charge is 0.250 e. The summed E-state index contributed by atoms with van der Waals surface area (Å²) in [5.41, 5.74) is 0. The molecule has 0 bridgehead atoms. The highest BCUT2D eigenvalue weighted by molar-refractivity contribution is 7.97. The number of carbonyl (C=O) groups is 1. The average molecular weight is 499 g/mol. The molecular weight excluding hydrogens is 464 g/mol. The highest BCUT2D eigenvalue weighted by atomic mass is 32.2. The lowest BCUT2D eigenvalue weighted by atomic mass is 10.2. The fraction of sp³-hybridized carbons (Fsp3) is 0.321. The first kappa shape index (κ1) is 27.9. The van der Waals surface area contributed by atoms with Crippen LogP contribution in [0.25, 0.3) is 0 Å². The van der Waals surface area contributed by atoms with Crippen LogP contribution in [0.3, 0.4) is 0 Å². The Morgan fingerprint density at radius 2 is 1.06 bits per heavy atom. The Labute approximate surface area is 210 Å². The molecular formula is C28H34O6S. The molecule has 35 heavy (non-hydrogen) atoms. The molecule has 0 spiro atoms. The van der Waals surface area contributed by atoms with Gasteiger partial charge in [-0.1, -0.05) is 36.4 Å². The van der Waals surface area contributed by atoms with Crippen molar-refractivity contribution in [3.63, 3.8) is 0 Å². The third-order valence-corrected chi connectivity index (χ3v) is 6.55. The Balaban J connectivity index is 0.00000100. The monoisotopic (exact) mass is 498 g/mol. The second-order valence-electron chi connectivity index (χ2n) is 8.45. The lowest BCUT2D eigenvalue weighted by Crippen LogP contribution is -2.17. The summed E-state index contributed by atoms with van der Waals surface area (Å²) in [6.45, 7) is 12.2. The van der Waals surface area contributed by atoms with Crippen LogP contribution in [0, 0.1) is 0 Å². The standard InChI is InChI=1S/C27H33O3S.CH2O3/c1-19(2)28-22-17-25(29-20(3)4)27(26(18-22)30-21(5)6)31(23-13-9-7-10-14-23)24-15-11-8-12-16-24;2-1(3)4/h7-21H,1-6H3;(H2,2,3,4)/q+1;/p-1. The van der Waals surface area contributed by atoms with Crippen molar-refractivity contribution in [1.29, 1.82) is 0 Å². The van der Waals surface area contributed by atoms with Crippen LogP contribution in [0.15, 0.2) is 87.5 Å². The lowest BCUT2D eigenvalue weighted by Gasteiger charge is -2.21. The Bertz CT molecular complexity index is 977. The Kier molecular flexibility index (Phi) is 10.8. The molecule has 0 heterocycles. The van der Waals surface area contributed by atoms with Gasteiger partial charge in [0.2, 0.25) is 11.1 Å². The van der Waals surface area contributed by atoms with Gasteiger partial charge in [0.25, 0.3) is 0 Å². The molecule has 3 rings (SSSR count). The minimum absolute atomic E-state index is 0.0250. The highest BCUT2D eigenvalue weighted by Gasteiger charge is 2.37. The predicted octanol–water partition coefficient (Wildman–Crippen LogP) is 6.03. The first-order valence-electron chi connectivity index (χ1n) is 11.5. The predicted molar refractivity (Wildman–Crippen MR) is 137 cm³/mol. The van der Waals surface area contributed by atoms with Gasteiger partial charge in [-0.25, -0.2) is 0 Å². The van der Waals surface area contributed by atoms with Gasteiger partial charge in [-0.2, -0.15) is 0 Å². The maximum absolute atomic E-state index is 8.44. The summed E-state index contributed by atoms with van der Waals surface area (Å²) >= 11 is 0. The van der Waals surface area contributed by atoms with E-state index in [2.05, 4.69) is 48.5 Å². The van der Waals surface area contributed by atoms with Crippen LogP contribution in [-0.2, 0) is 10.9 Å². The van der Waals surface area contributed by atoms with Crippen molar-refractivity contribution in [1.82, 2.24) is 0 Å². The molecule has 6 nitrogen and oxygen atoms in total. The Morgan fingerprint density at radius 1 is 0.714 bits per heavy atom. The Hall–Kier alpha value is -3.32. The van der Waals surface area contributed by atoms with Crippen molar-refractivity contribution in [2.45, 2.75) is 74.5 Å². The first-order chi connectivity index (χ1) is 16.6. The number of rotatable bonds is 9. The largest absolute Gasteiger partial charge is 0.565 e. The van der Waals surface area contributed by atoms with Gasteiger partial charge in [0.05, 0.1) is 18.3 Å². The zero-order valence-electron chi connectivity index (χ0n) is 21.1. The van der Waals surface area contributed by atoms with Crippen LogP contribution >= 0.6 is 0 Å². The van der Waals surface area contributed by atoms with Gasteiger partial charge in [0.15, 0.2) is 21.3 Å². The molecule has 0 unspecified atom stereocenters. The van der Waals surface area contributed by atoms with Crippen LogP contribution in [0.2, 0.25) is 0 Å². The zero-order chi connectivity index (χ0) is 26.0. The van der Waals surface area contributed by atoms with Gasteiger partial charge in [0, 0.05) is 12.1 Å². The number of hydrogen-bond acceptors (Lipinski definition) is 5. The molecule has 0 aromatic heterocycles. The number of benzene rings is 3. The molecule has 0 amide bonds. The fourth-order valence-electron chi connectivity index (χ4n) is 3.26. The Morgan fingerprint density at radius 3 is 1.37 bits per heavy atom. The molecule has 3 aromatic carbocycles. The summed E-state index contributed by atoms with van der Waals surface area (Å²) < 4.78 is 18.8. The molecule has 0 fully saturated rings. The summed E-state index contributed by atoms with van der Waals surface area (Å²) in [5, 5.41) is 15.3. The molecule has 0 aliphatic heterocycles. The molecule has 188 valence electrons. The van der Waals surface area contributed by atoms with E-state index in [0.717, 1.165) is 22.1 Å². The van der Waals surface area contributed by atoms with E-state index in [1.54, 1.807) is 0 Å². The second kappa shape index (κ2) is 13.5. The van der Waals surface area contributed by atoms with E-state index >= 15 is 0 Å². The van der Waals surface area contributed by atoms with Crippen molar-refractivity contribution >= 4 is 17.1 Å². The van der Waals surface area contributed by atoms with Crippen molar-refractivity contribution in [2.75, 3.05) is 0 Å². The van der Waals surface area contributed by atoms with Crippen molar-refractivity contribution in [3.8, 4) is 17.2 Å². The third kappa shape index (κ3) is 9.09.